The van der Waals surface area contributed by atoms with Crippen LogP contribution in [0.4, 0.5) is 5.69 Å². The fraction of sp³-hybridized carbons (Fsp3) is 0.467. The van der Waals surface area contributed by atoms with Crippen LogP contribution in [0.15, 0.2) is 18.2 Å². The number of anilines is 1. The van der Waals surface area contributed by atoms with Gasteiger partial charge in [-0.15, -0.1) is 0 Å². The van der Waals surface area contributed by atoms with Gasteiger partial charge in [0.25, 0.3) is 0 Å². The quantitative estimate of drug-likeness (QED) is 0.901. The third-order valence-corrected chi connectivity index (χ3v) is 3.78. The Balaban J connectivity index is 2.37. The molecule has 1 aliphatic carbocycles. The normalized spacial score (nSPS) is 15.2. The van der Waals surface area contributed by atoms with Crippen molar-refractivity contribution in [1.82, 2.24) is 0 Å². The van der Waals surface area contributed by atoms with Crippen molar-refractivity contribution in [3.8, 4) is 6.07 Å². The minimum atomic E-state index is -0.994. The van der Waals surface area contributed by atoms with Crippen LogP contribution in [0.2, 0.25) is 0 Å². The fourth-order valence-corrected chi connectivity index (χ4v) is 2.85. The Morgan fingerprint density at radius 1 is 1.47 bits per heavy atom. The maximum atomic E-state index is 11.0. The summed E-state index contributed by atoms with van der Waals surface area (Å²) in [6.45, 7) is 2.91. The number of hydrogen-bond acceptors (Lipinski definition) is 3. The van der Waals surface area contributed by atoms with Gasteiger partial charge in [-0.1, -0.05) is 12.8 Å². The predicted molar refractivity (Wildman–Crippen MR) is 73.4 cm³/mol. The second kappa shape index (κ2) is 5.75. The predicted octanol–water partition coefficient (Wildman–Crippen LogP) is 3.03. The molecule has 0 bridgehead atoms. The zero-order chi connectivity index (χ0) is 13.8. The molecule has 0 unspecified atom stereocenters. The Morgan fingerprint density at radius 3 is 2.68 bits per heavy atom. The molecule has 4 heteroatoms. The molecule has 0 aromatic heterocycles. The van der Waals surface area contributed by atoms with Crippen molar-refractivity contribution in [2.75, 3.05) is 11.4 Å². The molecule has 4 nitrogen and oxygen atoms in total. The lowest BCUT2D eigenvalue weighted by molar-refractivity contribution is 0.0697. The van der Waals surface area contributed by atoms with Crippen LogP contribution in [-0.2, 0) is 0 Å². The van der Waals surface area contributed by atoms with Crippen molar-refractivity contribution >= 4 is 11.7 Å². The summed E-state index contributed by atoms with van der Waals surface area (Å²) in [5.41, 5.74) is 1.48. The molecule has 1 saturated carbocycles. The van der Waals surface area contributed by atoms with Gasteiger partial charge in [-0.3, -0.25) is 0 Å². The minimum Gasteiger partial charge on any atom is -0.478 e. The van der Waals surface area contributed by atoms with E-state index < -0.39 is 5.97 Å². The molecule has 1 N–H and O–H groups in total. The second-order valence-electron chi connectivity index (χ2n) is 4.87. The van der Waals surface area contributed by atoms with Crippen LogP contribution in [0.25, 0.3) is 0 Å². The summed E-state index contributed by atoms with van der Waals surface area (Å²) in [7, 11) is 0. The molecule has 0 atom stereocenters. The van der Waals surface area contributed by atoms with Crippen LogP contribution in [-0.4, -0.2) is 23.7 Å². The Bertz CT molecular complexity index is 513. The number of benzene rings is 1. The fourth-order valence-electron chi connectivity index (χ4n) is 2.85. The lowest BCUT2D eigenvalue weighted by Gasteiger charge is -2.30. The van der Waals surface area contributed by atoms with Crippen molar-refractivity contribution in [1.29, 1.82) is 5.26 Å². The van der Waals surface area contributed by atoms with E-state index in [9.17, 15) is 10.1 Å². The molecule has 0 spiro atoms. The lowest BCUT2D eigenvalue weighted by Crippen LogP contribution is -2.33. The van der Waals surface area contributed by atoms with Gasteiger partial charge in [0.2, 0.25) is 0 Å². The summed E-state index contributed by atoms with van der Waals surface area (Å²) in [6, 6.07) is 7.42. The zero-order valence-electron chi connectivity index (χ0n) is 11.1. The highest BCUT2D eigenvalue weighted by Crippen LogP contribution is 2.30. The van der Waals surface area contributed by atoms with Crippen molar-refractivity contribution in [2.24, 2.45) is 0 Å². The van der Waals surface area contributed by atoms with E-state index in [1.165, 1.54) is 18.9 Å². The van der Waals surface area contributed by atoms with Crippen LogP contribution in [0, 0.1) is 11.3 Å². The molecule has 0 aliphatic heterocycles. The van der Waals surface area contributed by atoms with E-state index in [4.69, 9.17) is 5.11 Å². The number of carboxylic acid groups (broad SMARTS) is 1. The van der Waals surface area contributed by atoms with Crippen LogP contribution < -0.4 is 4.90 Å². The molecule has 19 heavy (non-hydrogen) atoms. The molecular formula is C15H18N2O2. The van der Waals surface area contributed by atoms with Gasteiger partial charge in [-0.25, -0.2) is 4.79 Å². The van der Waals surface area contributed by atoms with Gasteiger partial charge in [-0.05, 0) is 38.0 Å². The first-order valence-electron chi connectivity index (χ1n) is 6.71. The number of nitriles is 1. The number of hydrogen-bond donors (Lipinski definition) is 1. The van der Waals surface area contributed by atoms with Crippen molar-refractivity contribution in [3.63, 3.8) is 0 Å². The number of aromatic carboxylic acids is 1. The van der Waals surface area contributed by atoms with Crippen molar-refractivity contribution in [3.05, 3.63) is 29.3 Å². The molecule has 1 aromatic carbocycles. The molecule has 1 fully saturated rings. The van der Waals surface area contributed by atoms with Gasteiger partial charge in [0.15, 0.2) is 0 Å². The van der Waals surface area contributed by atoms with Gasteiger partial charge >= 0.3 is 5.97 Å². The molecule has 0 saturated heterocycles. The molecule has 2 rings (SSSR count). The average Bonchev–Trinajstić information content (AvgIpc) is 2.93. The SMILES string of the molecule is CCN(c1ccc(C(=O)O)cc1C#N)C1CCCC1. The van der Waals surface area contributed by atoms with Gasteiger partial charge in [-0.2, -0.15) is 5.26 Å². The van der Waals surface area contributed by atoms with Crippen LogP contribution in [0.3, 0.4) is 0 Å². The Morgan fingerprint density at radius 2 is 2.16 bits per heavy atom. The topological polar surface area (TPSA) is 64.3 Å². The molecule has 100 valence electrons. The Kier molecular flexibility index (Phi) is 4.06. The monoisotopic (exact) mass is 258 g/mol. The maximum absolute atomic E-state index is 11.0. The second-order valence-corrected chi connectivity index (χ2v) is 4.87. The maximum Gasteiger partial charge on any atom is 0.335 e. The standard InChI is InChI=1S/C15H18N2O2/c1-2-17(13-5-3-4-6-13)14-8-7-11(15(18)19)9-12(14)10-16/h7-9,13H,2-6H2,1H3,(H,18,19). The van der Waals surface area contributed by atoms with Crippen LogP contribution >= 0.6 is 0 Å². The summed E-state index contributed by atoms with van der Waals surface area (Å²) < 4.78 is 0. The lowest BCUT2D eigenvalue weighted by atomic mass is 10.1. The van der Waals surface area contributed by atoms with Crippen LogP contribution in [0.1, 0.15) is 48.5 Å². The summed E-state index contributed by atoms with van der Waals surface area (Å²) >= 11 is 0. The van der Waals surface area contributed by atoms with E-state index in [-0.39, 0.29) is 5.56 Å². The first-order valence-corrected chi connectivity index (χ1v) is 6.71. The summed E-state index contributed by atoms with van der Waals surface area (Å²) in [6.07, 6.45) is 4.77. The Hall–Kier alpha value is -2.02. The summed E-state index contributed by atoms with van der Waals surface area (Å²) in [4.78, 5) is 13.2. The van der Waals surface area contributed by atoms with Gasteiger partial charge in [0.05, 0.1) is 16.8 Å². The minimum absolute atomic E-state index is 0.169. The molecule has 0 radical (unpaired) electrons. The summed E-state index contributed by atoms with van der Waals surface area (Å²) in [5.74, 6) is -0.994. The van der Waals surface area contributed by atoms with Crippen molar-refractivity contribution < 1.29 is 9.90 Å². The summed E-state index contributed by atoms with van der Waals surface area (Å²) in [5, 5.41) is 18.2. The van der Waals surface area contributed by atoms with E-state index in [1.54, 1.807) is 12.1 Å². The largest absolute Gasteiger partial charge is 0.478 e. The van der Waals surface area contributed by atoms with E-state index in [0.29, 0.717) is 11.6 Å². The molecular weight excluding hydrogens is 240 g/mol. The third-order valence-electron chi connectivity index (χ3n) is 3.78. The van der Waals surface area contributed by atoms with Gasteiger partial charge in [0.1, 0.15) is 6.07 Å². The van der Waals surface area contributed by atoms with E-state index in [1.807, 2.05) is 0 Å². The molecule has 1 aliphatic rings. The number of carbonyl (C=O) groups is 1. The molecule has 1 aromatic rings. The van der Waals surface area contributed by atoms with E-state index in [2.05, 4.69) is 17.9 Å². The first kappa shape index (κ1) is 13.4. The average molecular weight is 258 g/mol. The number of nitrogens with zero attached hydrogens (tertiary/aromatic N) is 2. The molecule has 0 heterocycles. The highest BCUT2D eigenvalue weighted by atomic mass is 16.4. The highest BCUT2D eigenvalue weighted by molar-refractivity contribution is 5.89. The first-order chi connectivity index (χ1) is 9.17. The van der Waals surface area contributed by atoms with Gasteiger partial charge in [0, 0.05) is 12.6 Å². The van der Waals surface area contributed by atoms with E-state index >= 15 is 0 Å². The van der Waals surface area contributed by atoms with Gasteiger partial charge < -0.3 is 10.0 Å². The smallest absolute Gasteiger partial charge is 0.335 e. The Labute approximate surface area is 113 Å². The highest BCUT2D eigenvalue weighted by Gasteiger charge is 2.23. The number of rotatable bonds is 4. The van der Waals surface area contributed by atoms with E-state index in [0.717, 1.165) is 25.1 Å². The number of carboxylic acids is 1. The molecule has 0 amide bonds. The third kappa shape index (κ3) is 2.70. The zero-order valence-corrected chi connectivity index (χ0v) is 11.1. The van der Waals surface area contributed by atoms with Crippen molar-refractivity contribution in [2.45, 2.75) is 38.6 Å². The van der Waals surface area contributed by atoms with Crippen LogP contribution in [0.5, 0.6) is 0 Å².